The van der Waals surface area contributed by atoms with E-state index >= 15 is 0 Å². The number of ether oxygens (including phenoxy) is 1. The van der Waals surface area contributed by atoms with Crippen LogP contribution in [0.5, 0.6) is 5.75 Å². The standard InChI is InChI=1S/C28H31N5O2/c1-35-23-13-11-20(12-14-23)17-26(27-30-24-9-5-6-10-25(24)31-27)32-28(34)29-22-15-16-33(19-22)18-21-7-3-2-4-8-21/h2-14,22,26H,15-19H2,1H3,(H,30,31)(H2,29,32,34)/t22?,26-/m1/s1. The monoisotopic (exact) mass is 469 g/mol. The number of likely N-dealkylation sites (tertiary alicyclic amines) is 1. The van der Waals surface area contributed by atoms with Crippen LogP contribution in [-0.4, -0.2) is 47.1 Å². The molecule has 0 radical (unpaired) electrons. The fourth-order valence-electron chi connectivity index (χ4n) is 4.67. The van der Waals surface area contributed by atoms with Crippen molar-refractivity contribution in [1.29, 1.82) is 0 Å². The fourth-order valence-corrected chi connectivity index (χ4v) is 4.67. The predicted octanol–water partition coefficient (Wildman–Crippen LogP) is 4.43. The largest absolute Gasteiger partial charge is 0.497 e. The van der Waals surface area contributed by atoms with Crippen LogP contribution in [0.2, 0.25) is 0 Å². The van der Waals surface area contributed by atoms with Gasteiger partial charge in [0, 0.05) is 25.7 Å². The van der Waals surface area contributed by atoms with Gasteiger partial charge in [-0.3, -0.25) is 4.90 Å². The summed E-state index contributed by atoms with van der Waals surface area (Å²) in [5.41, 5.74) is 4.22. The molecule has 0 aliphatic carbocycles. The fraction of sp³-hybridized carbons (Fsp3) is 0.286. The minimum absolute atomic E-state index is 0.121. The van der Waals surface area contributed by atoms with Crippen LogP contribution in [0, 0.1) is 0 Å². The van der Waals surface area contributed by atoms with Gasteiger partial charge in [0.1, 0.15) is 11.6 Å². The topological polar surface area (TPSA) is 82.3 Å². The van der Waals surface area contributed by atoms with E-state index < -0.39 is 0 Å². The molecular weight excluding hydrogens is 438 g/mol. The van der Waals surface area contributed by atoms with Crippen LogP contribution >= 0.6 is 0 Å². The van der Waals surface area contributed by atoms with Crippen LogP contribution in [0.4, 0.5) is 4.79 Å². The molecule has 1 saturated heterocycles. The number of fused-ring (bicyclic) bond motifs is 1. The van der Waals surface area contributed by atoms with Crippen LogP contribution in [0.25, 0.3) is 11.0 Å². The molecule has 5 rings (SSSR count). The van der Waals surface area contributed by atoms with Crippen molar-refractivity contribution in [3.05, 3.63) is 95.8 Å². The second kappa shape index (κ2) is 10.6. The molecule has 1 unspecified atom stereocenters. The Balaban J connectivity index is 1.25. The number of methoxy groups -OCH3 is 1. The van der Waals surface area contributed by atoms with Gasteiger partial charge < -0.3 is 20.4 Å². The van der Waals surface area contributed by atoms with Crippen molar-refractivity contribution in [3.8, 4) is 5.75 Å². The summed E-state index contributed by atoms with van der Waals surface area (Å²) in [5, 5.41) is 6.35. The van der Waals surface area contributed by atoms with Crippen molar-refractivity contribution in [2.24, 2.45) is 0 Å². The average Bonchev–Trinajstić information content (AvgIpc) is 3.51. The summed E-state index contributed by atoms with van der Waals surface area (Å²) in [5.74, 6) is 1.55. The van der Waals surface area contributed by atoms with E-state index in [1.165, 1.54) is 5.56 Å². The summed E-state index contributed by atoms with van der Waals surface area (Å²) in [6.07, 6.45) is 1.55. The molecule has 1 aromatic heterocycles. The molecule has 0 saturated carbocycles. The Morgan fingerprint density at radius 2 is 1.83 bits per heavy atom. The summed E-state index contributed by atoms with van der Waals surface area (Å²) in [6.45, 7) is 2.72. The van der Waals surface area contributed by atoms with Crippen molar-refractivity contribution in [3.63, 3.8) is 0 Å². The van der Waals surface area contributed by atoms with Crippen molar-refractivity contribution in [1.82, 2.24) is 25.5 Å². The molecule has 1 aliphatic rings. The number of nitrogens with one attached hydrogen (secondary N) is 3. The van der Waals surface area contributed by atoms with Crippen LogP contribution < -0.4 is 15.4 Å². The number of benzene rings is 3. The highest BCUT2D eigenvalue weighted by molar-refractivity contribution is 5.76. The van der Waals surface area contributed by atoms with E-state index in [0.717, 1.165) is 54.2 Å². The summed E-state index contributed by atoms with van der Waals surface area (Å²) >= 11 is 0. The Hall–Kier alpha value is -3.84. The first-order valence-electron chi connectivity index (χ1n) is 12.1. The van der Waals surface area contributed by atoms with Crippen LogP contribution in [0.15, 0.2) is 78.9 Å². The van der Waals surface area contributed by atoms with Gasteiger partial charge in [-0.05, 0) is 48.2 Å². The smallest absolute Gasteiger partial charge is 0.315 e. The van der Waals surface area contributed by atoms with Gasteiger partial charge >= 0.3 is 6.03 Å². The van der Waals surface area contributed by atoms with Gasteiger partial charge in [0.25, 0.3) is 0 Å². The molecule has 0 bridgehead atoms. The molecular formula is C28H31N5O2. The van der Waals surface area contributed by atoms with Crippen LogP contribution in [0.3, 0.4) is 0 Å². The first-order valence-corrected chi connectivity index (χ1v) is 12.1. The third-order valence-electron chi connectivity index (χ3n) is 6.50. The number of urea groups is 1. The number of para-hydroxylation sites is 2. The van der Waals surface area contributed by atoms with Crippen LogP contribution in [0.1, 0.15) is 29.4 Å². The number of carbonyl (C=O) groups excluding carboxylic acids is 1. The number of H-pyrrole nitrogens is 1. The number of hydrogen-bond acceptors (Lipinski definition) is 4. The second-order valence-corrected chi connectivity index (χ2v) is 9.07. The lowest BCUT2D eigenvalue weighted by Crippen LogP contribution is -2.45. The molecule has 1 aliphatic heterocycles. The lowest BCUT2D eigenvalue weighted by atomic mass is 10.1. The molecule has 7 nitrogen and oxygen atoms in total. The van der Waals surface area contributed by atoms with Gasteiger partial charge in [0.15, 0.2) is 0 Å². The van der Waals surface area contributed by atoms with E-state index in [-0.39, 0.29) is 18.1 Å². The SMILES string of the molecule is COc1ccc(C[C@@H](NC(=O)NC2CCN(Cc3ccccc3)C2)c2nc3ccccc3[nH]2)cc1. The van der Waals surface area contributed by atoms with Gasteiger partial charge in [-0.1, -0.05) is 54.6 Å². The molecule has 35 heavy (non-hydrogen) atoms. The van der Waals surface area contributed by atoms with E-state index in [4.69, 9.17) is 9.72 Å². The second-order valence-electron chi connectivity index (χ2n) is 9.07. The summed E-state index contributed by atoms with van der Waals surface area (Å²) < 4.78 is 5.28. The minimum Gasteiger partial charge on any atom is -0.497 e. The van der Waals surface area contributed by atoms with Gasteiger partial charge in [-0.15, -0.1) is 0 Å². The molecule has 2 atom stereocenters. The highest BCUT2D eigenvalue weighted by Crippen LogP contribution is 2.22. The molecule has 4 aromatic rings. The maximum absolute atomic E-state index is 13.1. The molecule has 2 heterocycles. The molecule has 1 fully saturated rings. The number of carbonyl (C=O) groups is 1. The van der Waals surface area contributed by atoms with Crippen molar-refractivity contribution in [2.75, 3.05) is 20.2 Å². The summed E-state index contributed by atoms with van der Waals surface area (Å²) in [7, 11) is 1.65. The molecule has 2 amide bonds. The number of hydrogen-bond donors (Lipinski definition) is 3. The third-order valence-corrected chi connectivity index (χ3v) is 6.50. The van der Waals surface area contributed by atoms with Crippen molar-refractivity contribution < 1.29 is 9.53 Å². The first kappa shape index (κ1) is 22.9. The minimum atomic E-state index is -0.294. The maximum Gasteiger partial charge on any atom is 0.315 e. The molecule has 0 spiro atoms. The zero-order valence-electron chi connectivity index (χ0n) is 19.9. The number of amides is 2. The predicted molar refractivity (Wildman–Crippen MR) is 137 cm³/mol. The van der Waals surface area contributed by atoms with E-state index in [0.29, 0.717) is 6.42 Å². The number of rotatable bonds is 8. The Morgan fingerprint density at radius 3 is 2.60 bits per heavy atom. The zero-order chi connectivity index (χ0) is 24.0. The lowest BCUT2D eigenvalue weighted by molar-refractivity contribution is 0.231. The highest BCUT2D eigenvalue weighted by atomic mass is 16.5. The highest BCUT2D eigenvalue weighted by Gasteiger charge is 2.26. The molecule has 180 valence electrons. The molecule has 3 aromatic carbocycles. The number of nitrogens with zero attached hydrogens (tertiary/aromatic N) is 2. The summed E-state index contributed by atoms with van der Waals surface area (Å²) in [4.78, 5) is 23.6. The Labute approximate surface area is 205 Å². The number of aromatic amines is 1. The Kier molecular flexibility index (Phi) is 6.95. The summed E-state index contributed by atoms with van der Waals surface area (Å²) in [6, 6.07) is 25.9. The first-order chi connectivity index (χ1) is 17.2. The quantitative estimate of drug-likeness (QED) is 0.357. The molecule has 3 N–H and O–H groups in total. The number of aromatic nitrogens is 2. The van der Waals surface area contributed by atoms with E-state index in [2.05, 4.69) is 44.8 Å². The normalized spacial score (nSPS) is 16.8. The lowest BCUT2D eigenvalue weighted by Gasteiger charge is -2.20. The van der Waals surface area contributed by atoms with Gasteiger partial charge in [0.2, 0.25) is 0 Å². The van der Waals surface area contributed by atoms with Gasteiger partial charge in [-0.25, -0.2) is 9.78 Å². The average molecular weight is 470 g/mol. The zero-order valence-corrected chi connectivity index (χ0v) is 19.9. The van der Waals surface area contributed by atoms with E-state index in [1.807, 2.05) is 54.6 Å². The maximum atomic E-state index is 13.1. The van der Waals surface area contributed by atoms with E-state index in [9.17, 15) is 4.79 Å². The van der Waals surface area contributed by atoms with Crippen molar-refractivity contribution >= 4 is 17.1 Å². The van der Waals surface area contributed by atoms with E-state index in [1.54, 1.807) is 7.11 Å². The Bertz CT molecular complexity index is 1220. The van der Waals surface area contributed by atoms with Gasteiger partial charge in [0.05, 0.1) is 24.2 Å². The van der Waals surface area contributed by atoms with Crippen molar-refractivity contribution in [2.45, 2.75) is 31.5 Å². The van der Waals surface area contributed by atoms with Crippen LogP contribution in [-0.2, 0) is 13.0 Å². The number of imidazole rings is 1. The third kappa shape index (κ3) is 5.81. The van der Waals surface area contributed by atoms with Gasteiger partial charge in [-0.2, -0.15) is 0 Å². The Morgan fingerprint density at radius 1 is 1.06 bits per heavy atom. The molecule has 7 heteroatoms.